The van der Waals surface area contributed by atoms with Crippen LogP contribution < -0.4 is 11.1 Å². The standard InChI is InChI=1S/C27H27FN6O5S.H9P7/c28-22-11-16(12-30-18-7-9-37-14-18)1-6-21(22)26-33-34-27(39-26)24-25(29)31-13-23(32-24)17-2-4-19(5-3-17)40(35,36)20-8-10-38-15-20;1-5-7(4)6(2)3/h1-6,11,13,18,20,30H,7-10,12,14-15H2,(H2,29,31);5H,1-4H2/t18-,20?;/m1./s1. The minimum Gasteiger partial charge on any atom is -0.414 e. The maximum atomic E-state index is 14.9. The SMILES string of the molecule is Nc1ncc(-c2ccc(S(=O)(=O)C3CCOC3)cc2)nc1-c1nnc(-c2ccc(CN[C@@H]3CCOC3)cc2F)o1.PPP(P)P(P)P. The van der Waals surface area contributed by atoms with Gasteiger partial charge in [-0.3, -0.25) is 0 Å². The van der Waals surface area contributed by atoms with E-state index >= 15 is 0 Å². The van der Waals surface area contributed by atoms with Gasteiger partial charge in [0.2, 0.25) is 0 Å². The number of aromatic nitrogens is 4. The number of nitrogen functional groups attached to an aromatic ring is 1. The van der Waals surface area contributed by atoms with Crippen LogP contribution in [0.2, 0.25) is 0 Å². The highest BCUT2D eigenvalue weighted by atomic mass is 33.0. The molecule has 2 aromatic heterocycles. The summed E-state index contributed by atoms with van der Waals surface area (Å²) in [6.07, 6.45) is 2.88. The Hall–Kier alpha value is -0.770. The maximum absolute atomic E-state index is 14.9. The maximum Gasteiger partial charge on any atom is 0.270 e. The predicted octanol–water partition coefficient (Wildman–Crippen LogP) is 6.64. The number of hydrogen-bond donors (Lipinski definition) is 2. The minimum atomic E-state index is -3.49. The van der Waals surface area contributed by atoms with E-state index in [1.807, 2.05) is 0 Å². The van der Waals surface area contributed by atoms with Crippen molar-refractivity contribution in [3.8, 4) is 34.3 Å². The number of nitrogens with zero attached hydrogens (tertiary/aromatic N) is 4. The van der Waals surface area contributed by atoms with Crippen molar-refractivity contribution >= 4 is 73.3 Å². The normalized spacial score (nSPS) is 18.9. The second-order valence-electron chi connectivity index (χ2n) is 10.6. The molecule has 2 aliphatic rings. The van der Waals surface area contributed by atoms with Gasteiger partial charge < -0.3 is 24.9 Å². The van der Waals surface area contributed by atoms with E-state index in [0.717, 1.165) is 26.5 Å². The van der Waals surface area contributed by atoms with Crippen LogP contribution in [-0.2, 0) is 25.9 Å². The first-order valence-electron chi connectivity index (χ1n) is 14.4. The predicted molar refractivity (Wildman–Crippen MR) is 204 cm³/mol. The van der Waals surface area contributed by atoms with Crippen molar-refractivity contribution in [3.05, 3.63) is 60.0 Å². The van der Waals surface area contributed by atoms with Gasteiger partial charge in [0.1, 0.15) is 5.82 Å². The molecule has 2 saturated heterocycles. The Labute approximate surface area is 286 Å². The zero-order valence-electron chi connectivity index (χ0n) is 25.1. The molecule has 0 bridgehead atoms. The van der Waals surface area contributed by atoms with Crippen molar-refractivity contribution in [2.24, 2.45) is 0 Å². The Bertz CT molecular complexity index is 1760. The van der Waals surface area contributed by atoms with E-state index in [2.05, 4.69) is 61.2 Å². The molecule has 3 N–H and O–H groups in total. The van der Waals surface area contributed by atoms with E-state index < -0.39 is 20.9 Å². The number of nitrogens with two attached hydrogens (primary N) is 1. The number of anilines is 1. The van der Waals surface area contributed by atoms with Gasteiger partial charge in [-0.15, -0.1) is 45.9 Å². The van der Waals surface area contributed by atoms with Crippen LogP contribution in [-0.4, -0.2) is 66.3 Å². The first kappa shape index (κ1) is 37.5. The van der Waals surface area contributed by atoms with E-state index in [4.69, 9.17) is 19.6 Å². The average Bonchev–Trinajstić information content (AvgIpc) is 3.88. The first-order valence-corrected chi connectivity index (χ1v) is 27.8. The van der Waals surface area contributed by atoms with Crippen LogP contribution in [0.5, 0.6) is 0 Å². The monoisotopic (exact) mass is 792 g/mol. The van der Waals surface area contributed by atoms with Gasteiger partial charge in [-0.05, 0) is 56.6 Å². The lowest BCUT2D eigenvalue weighted by Crippen LogP contribution is -2.28. The zero-order chi connectivity index (χ0) is 33.6. The molecule has 0 aliphatic carbocycles. The first-order chi connectivity index (χ1) is 22.6. The number of halogens is 1. The molecule has 2 aliphatic heterocycles. The number of hydrogen-bond acceptors (Lipinski definition) is 11. The van der Waals surface area contributed by atoms with Gasteiger partial charge in [0.05, 0.1) is 40.8 Å². The minimum absolute atomic E-state index is 0.0198. The smallest absolute Gasteiger partial charge is 0.270 e. The summed E-state index contributed by atoms with van der Waals surface area (Å²) in [5, 5.41) is 10.8. The topological polar surface area (TPSA) is 155 Å². The molecule has 2 aromatic carbocycles. The van der Waals surface area contributed by atoms with E-state index in [0.29, 0.717) is 37.4 Å². The highest BCUT2D eigenvalue weighted by Crippen LogP contribution is 2.92. The summed E-state index contributed by atoms with van der Waals surface area (Å²) in [6, 6.07) is 11.5. The van der Waals surface area contributed by atoms with Crippen molar-refractivity contribution < 1.29 is 26.7 Å². The largest absolute Gasteiger partial charge is 0.414 e. The van der Waals surface area contributed by atoms with Crippen LogP contribution in [0.25, 0.3) is 34.3 Å². The van der Waals surface area contributed by atoms with Gasteiger partial charge in [0, 0.05) is 31.4 Å². The fraction of sp³-hybridized carbons (Fsp3) is 0.333. The molecule has 8 atom stereocenters. The molecule has 20 heteroatoms. The van der Waals surface area contributed by atoms with E-state index in [-0.39, 0.29) is 60.4 Å². The number of benzene rings is 2. The van der Waals surface area contributed by atoms with Crippen LogP contribution in [0.4, 0.5) is 10.2 Å². The lowest BCUT2D eigenvalue weighted by molar-refractivity contribution is 0.190. The Morgan fingerprint density at radius 1 is 1.02 bits per heavy atom. The molecule has 11 nitrogen and oxygen atoms in total. The van der Waals surface area contributed by atoms with E-state index in [9.17, 15) is 12.8 Å². The van der Waals surface area contributed by atoms with Crippen LogP contribution in [0, 0.1) is 5.82 Å². The summed E-state index contributed by atoms with van der Waals surface area (Å²) in [5.41, 5.74) is 8.17. The Morgan fingerprint density at radius 3 is 2.36 bits per heavy atom. The number of sulfone groups is 1. The van der Waals surface area contributed by atoms with Gasteiger partial charge in [-0.1, -0.05) is 26.2 Å². The summed E-state index contributed by atoms with van der Waals surface area (Å²) in [5.74, 6) is -0.483. The Balaban J connectivity index is 0.000000559. The molecule has 4 heterocycles. The Kier molecular flexibility index (Phi) is 13.9. The van der Waals surface area contributed by atoms with Gasteiger partial charge in [-0.2, -0.15) is 0 Å². The Morgan fingerprint density at radius 2 is 1.74 bits per heavy atom. The molecule has 0 radical (unpaired) electrons. The molecule has 0 spiro atoms. The van der Waals surface area contributed by atoms with Crippen molar-refractivity contribution in [1.29, 1.82) is 0 Å². The molecule has 47 heavy (non-hydrogen) atoms. The van der Waals surface area contributed by atoms with Crippen molar-refractivity contribution in [3.63, 3.8) is 0 Å². The summed E-state index contributed by atoms with van der Waals surface area (Å²) in [7, 11) is 8.93. The summed E-state index contributed by atoms with van der Waals surface area (Å²) in [6.45, 7) is 2.99. The summed E-state index contributed by atoms with van der Waals surface area (Å²) < 4.78 is 56.9. The van der Waals surface area contributed by atoms with Gasteiger partial charge in [0.15, 0.2) is 21.3 Å². The molecule has 7 unspecified atom stereocenters. The third-order valence-corrected chi connectivity index (χ3v) is 40.1. The second-order valence-corrected chi connectivity index (χ2v) is 35.0. The van der Waals surface area contributed by atoms with Crippen LogP contribution in [0.3, 0.4) is 0 Å². The van der Waals surface area contributed by atoms with Gasteiger partial charge in [0.25, 0.3) is 11.8 Å². The van der Waals surface area contributed by atoms with E-state index in [1.165, 1.54) is 24.4 Å². The van der Waals surface area contributed by atoms with Gasteiger partial charge >= 0.3 is 0 Å². The van der Waals surface area contributed by atoms with Gasteiger partial charge in [-0.25, -0.2) is 22.8 Å². The van der Waals surface area contributed by atoms with Crippen LogP contribution in [0.1, 0.15) is 18.4 Å². The summed E-state index contributed by atoms with van der Waals surface area (Å²) >= 11 is 0. The third-order valence-electron chi connectivity index (χ3n) is 7.40. The fourth-order valence-electron chi connectivity index (χ4n) is 4.75. The van der Waals surface area contributed by atoms with Crippen molar-refractivity contribution in [2.75, 3.05) is 32.2 Å². The molecule has 0 amide bonds. The quantitative estimate of drug-likeness (QED) is 0.166. The highest BCUT2D eigenvalue weighted by molar-refractivity contribution is 8.98. The molecule has 0 saturated carbocycles. The molecule has 6 rings (SSSR count). The molecule has 252 valence electrons. The zero-order valence-corrected chi connectivity index (χ0v) is 33.3. The van der Waals surface area contributed by atoms with Crippen molar-refractivity contribution in [1.82, 2.24) is 25.5 Å². The third kappa shape index (κ3) is 9.72. The molecular formula is C27H36FN6O5P7S. The van der Waals surface area contributed by atoms with Crippen LogP contribution >= 0.6 is 57.6 Å². The lowest BCUT2D eigenvalue weighted by Gasteiger charge is -2.11. The molecule has 4 aromatic rings. The van der Waals surface area contributed by atoms with Crippen LogP contribution in [0.15, 0.2) is 58.0 Å². The highest BCUT2D eigenvalue weighted by Gasteiger charge is 2.31. The molecule has 2 fully saturated rings. The van der Waals surface area contributed by atoms with Crippen molar-refractivity contribution in [2.45, 2.75) is 35.6 Å². The second kappa shape index (κ2) is 17.4. The average molecular weight is 793 g/mol. The number of ether oxygens (including phenoxy) is 2. The summed E-state index contributed by atoms with van der Waals surface area (Å²) in [4.78, 5) is 8.93. The fourth-order valence-corrected chi connectivity index (χ4v) is 22.5. The van der Waals surface area contributed by atoms with E-state index in [1.54, 1.807) is 24.3 Å². The number of rotatable bonds is 10. The number of nitrogens with one attached hydrogen (secondary N) is 1. The lowest BCUT2D eigenvalue weighted by atomic mass is 10.1. The molecular weight excluding hydrogens is 756 g/mol.